The molecule has 0 unspecified atom stereocenters. The highest BCUT2D eigenvalue weighted by molar-refractivity contribution is 5.29. The maximum absolute atomic E-state index is 2.47. The predicted molar refractivity (Wildman–Crippen MR) is 91.4 cm³/mol. The molecule has 0 amide bonds. The summed E-state index contributed by atoms with van der Waals surface area (Å²) in [6.07, 6.45) is 0.287. The topological polar surface area (TPSA) is 9.72 Å². The van der Waals surface area contributed by atoms with Crippen LogP contribution in [-0.4, -0.2) is 49.2 Å². The summed E-state index contributed by atoms with van der Waals surface area (Å²) in [5, 5.41) is 0. The van der Waals surface area contributed by atoms with E-state index in [1.165, 1.54) is 11.1 Å². The molecule has 1 aliphatic rings. The highest BCUT2D eigenvalue weighted by Crippen LogP contribution is 2.45. The zero-order valence-corrected chi connectivity index (χ0v) is 13.8. The van der Waals surface area contributed by atoms with Crippen molar-refractivity contribution in [1.29, 1.82) is 0 Å². The third kappa shape index (κ3) is 2.56. The quantitative estimate of drug-likeness (QED) is 0.861. The Balaban J connectivity index is 2.07. The molecular formula is C19H25N3. The Morgan fingerprint density at radius 2 is 1.05 bits per heavy atom. The van der Waals surface area contributed by atoms with E-state index in [4.69, 9.17) is 0 Å². The summed E-state index contributed by atoms with van der Waals surface area (Å²) in [4.78, 5) is 7.21. The van der Waals surface area contributed by atoms with Crippen molar-refractivity contribution in [2.24, 2.45) is 0 Å². The van der Waals surface area contributed by atoms with Gasteiger partial charge in [-0.2, -0.15) is 0 Å². The molecule has 2 aromatic rings. The first kappa shape index (κ1) is 15.2. The maximum atomic E-state index is 2.47. The minimum atomic E-state index is 0.287. The number of nitrogens with zero attached hydrogens (tertiary/aromatic N) is 3. The molecule has 1 saturated heterocycles. The molecule has 0 radical (unpaired) electrons. The lowest BCUT2D eigenvalue weighted by atomic mass is 9.93. The van der Waals surface area contributed by atoms with E-state index >= 15 is 0 Å². The first-order chi connectivity index (χ1) is 10.6. The van der Waals surface area contributed by atoms with Gasteiger partial charge in [0.25, 0.3) is 0 Å². The van der Waals surface area contributed by atoms with Gasteiger partial charge < -0.3 is 0 Å². The molecule has 3 nitrogen and oxygen atoms in total. The summed E-state index contributed by atoms with van der Waals surface area (Å²) in [5.41, 5.74) is 2.74. The largest absolute Gasteiger partial charge is 0.282 e. The summed E-state index contributed by atoms with van der Waals surface area (Å²) >= 11 is 0. The fourth-order valence-electron chi connectivity index (χ4n) is 3.88. The van der Waals surface area contributed by atoms with Crippen LogP contribution in [0.2, 0.25) is 0 Å². The van der Waals surface area contributed by atoms with Crippen LogP contribution in [-0.2, 0) is 0 Å². The molecule has 0 aliphatic carbocycles. The molecule has 1 fully saturated rings. The van der Waals surface area contributed by atoms with Crippen LogP contribution in [0.5, 0.6) is 0 Å². The van der Waals surface area contributed by atoms with Gasteiger partial charge in [-0.1, -0.05) is 60.7 Å². The van der Waals surface area contributed by atoms with Crippen LogP contribution in [0.4, 0.5) is 0 Å². The second-order valence-corrected chi connectivity index (χ2v) is 6.35. The first-order valence-corrected chi connectivity index (χ1v) is 7.81. The Labute approximate surface area is 133 Å². The highest BCUT2D eigenvalue weighted by atomic mass is 15.5. The third-order valence-electron chi connectivity index (χ3n) is 4.65. The highest BCUT2D eigenvalue weighted by Gasteiger charge is 2.45. The van der Waals surface area contributed by atoms with Crippen LogP contribution >= 0.6 is 0 Å². The average Bonchev–Trinajstić information content (AvgIpc) is 2.80. The van der Waals surface area contributed by atoms with Gasteiger partial charge in [0.15, 0.2) is 0 Å². The van der Waals surface area contributed by atoms with E-state index in [9.17, 15) is 0 Å². The second-order valence-electron chi connectivity index (χ2n) is 6.35. The molecule has 1 aliphatic heterocycles. The number of rotatable bonds is 3. The van der Waals surface area contributed by atoms with Crippen LogP contribution in [0.15, 0.2) is 60.7 Å². The molecule has 3 rings (SSSR count). The fourth-order valence-corrected chi connectivity index (χ4v) is 3.88. The van der Waals surface area contributed by atoms with Crippen LogP contribution in [0.1, 0.15) is 23.2 Å². The Bertz CT molecular complexity index is 545. The molecule has 0 bridgehead atoms. The van der Waals surface area contributed by atoms with Crippen LogP contribution in [0, 0.1) is 0 Å². The lowest BCUT2D eigenvalue weighted by molar-refractivity contribution is 0.0319. The van der Waals surface area contributed by atoms with Gasteiger partial charge in [0, 0.05) is 0 Å². The predicted octanol–water partition coefficient (Wildman–Crippen LogP) is 3.19. The van der Waals surface area contributed by atoms with Gasteiger partial charge in [0.2, 0.25) is 0 Å². The summed E-state index contributed by atoms with van der Waals surface area (Å²) in [6.45, 7) is 0. The van der Waals surface area contributed by atoms with E-state index in [0.717, 1.165) is 0 Å². The monoisotopic (exact) mass is 295 g/mol. The fraction of sp³-hybridized carbons (Fsp3) is 0.368. The van der Waals surface area contributed by atoms with Gasteiger partial charge in [0.05, 0.1) is 12.1 Å². The first-order valence-electron chi connectivity index (χ1n) is 7.81. The van der Waals surface area contributed by atoms with Crippen molar-refractivity contribution in [2.45, 2.75) is 18.4 Å². The molecule has 0 N–H and O–H groups in total. The zero-order chi connectivity index (χ0) is 15.7. The van der Waals surface area contributed by atoms with Gasteiger partial charge in [0.1, 0.15) is 6.29 Å². The zero-order valence-electron chi connectivity index (χ0n) is 13.8. The van der Waals surface area contributed by atoms with E-state index in [1.807, 2.05) is 0 Å². The van der Waals surface area contributed by atoms with E-state index in [2.05, 4.69) is 104 Å². The molecular weight excluding hydrogens is 270 g/mol. The normalized spacial score (nSPS) is 24.2. The average molecular weight is 295 g/mol. The molecule has 3 heteroatoms. The van der Waals surface area contributed by atoms with Crippen LogP contribution in [0.3, 0.4) is 0 Å². The third-order valence-corrected chi connectivity index (χ3v) is 4.65. The van der Waals surface area contributed by atoms with Gasteiger partial charge in [-0.25, -0.2) is 0 Å². The standard InChI is InChI=1S/C19H25N3/c1-20(2)19-21(3)17(15-11-7-5-8-12-15)18(22(19)4)16-13-9-6-10-14-16/h5-14,17-19H,1-4H3/t17-,18-/m0/s1. The van der Waals surface area contributed by atoms with Crippen LogP contribution < -0.4 is 0 Å². The van der Waals surface area contributed by atoms with Gasteiger partial charge in [-0.05, 0) is 39.3 Å². The summed E-state index contributed by atoms with van der Waals surface area (Å²) in [7, 11) is 8.74. The minimum absolute atomic E-state index is 0.287. The van der Waals surface area contributed by atoms with Crippen molar-refractivity contribution in [3.05, 3.63) is 71.8 Å². The Morgan fingerprint density at radius 3 is 1.36 bits per heavy atom. The van der Waals surface area contributed by atoms with Crippen molar-refractivity contribution in [1.82, 2.24) is 14.7 Å². The lowest BCUT2D eigenvalue weighted by Crippen LogP contribution is -2.46. The summed E-state index contributed by atoms with van der Waals surface area (Å²) in [6, 6.07) is 22.4. The van der Waals surface area contributed by atoms with Crippen molar-refractivity contribution in [3.63, 3.8) is 0 Å². The molecule has 2 atom stereocenters. The number of benzene rings is 2. The Morgan fingerprint density at radius 1 is 0.682 bits per heavy atom. The van der Waals surface area contributed by atoms with E-state index in [1.54, 1.807) is 0 Å². The summed E-state index contributed by atoms with van der Waals surface area (Å²) in [5.74, 6) is 0. The summed E-state index contributed by atoms with van der Waals surface area (Å²) < 4.78 is 0. The van der Waals surface area contributed by atoms with Crippen molar-refractivity contribution in [3.8, 4) is 0 Å². The molecule has 116 valence electrons. The number of hydrogen-bond acceptors (Lipinski definition) is 3. The van der Waals surface area contributed by atoms with Crippen molar-refractivity contribution >= 4 is 0 Å². The van der Waals surface area contributed by atoms with E-state index in [0.29, 0.717) is 12.1 Å². The Kier molecular flexibility index (Phi) is 4.30. The molecule has 0 saturated carbocycles. The number of hydrogen-bond donors (Lipinski definition) is 0. The molecule has 0 spiro atoms. The van der Waals surface area contributed by atoms with Crippen LogP contribution in [0.25, 0.3) is 0 Å². The number of likely N-dealkylation sites (N-methyl/N-ethyl adjacent to an activating group) is 2. The second kappa shape index (κ2) is 6.21. The van der Waals surface area contributed by atoms with E-state index in [-0.39, 0.29) is 6.29 Å². The van der Waals surface area contributed by atoms with Gasteiger partial charge >= 0.3 is 0 Å². The molecule has 0 aromatic heterocycles. The smallest absolute Gasteiger partial charge is 0.119 e. The minimum Gasteiger partial charge on any atom is -0.282 e. The lowest BCUT2D eigenvalue weighted by Gasteiger charge is -2.32. The molecule has 1 heterocycles. The molecule has 22 heavy (non-hydrogen) atoms. The van der Waals surface area contributed by atoms with Gasteiger partial charge in [-0.3, -0.25) is 14.7 Å². The Hall–Kier alpha value is -1.68. The SMILES string of the molecule is CN(C)C1N(C)[C@@H](c2ccccc2)[C@H](c2ccccc2)N1C. The van der Waals surface area contributed by atoms with Crippen molar-refractivity contribution in [2.75, 3.05) is 28.2 Å². The van der Waals surface area contributed by atoms with Gasteiger partial charge in [-0.15, -0.1) is 0 Å². The maximum Gasteiger partial charge on any atom is 0.119 e. The van der Waals surface area contributed by atoms with Crippen molar-refractivity contribution < 1.29 is 0 Å². The molecule has 2 aromatic carbocycles. The van der Waals surface area contributed by atoms with E-state index < -0.39 is 0 Å².